The maximum Gasteiger partial charge on any atom is 0.224 e. The van der Waals surface area contributed by atoms with Gasteiger partial charge < -0.3 is 15.5 Å². The molecule has 0 aromatic heterocycles. The molecule has 130 valence electrons. The molecule has 0 bridgehead atoms. The second-order valence-corrected chi connectivity index (χ2v) is 5.03. The van der Waals surface area contributed by atoms with Crippen molar-refractivity contribution in [3.05, 3.63) is 0 Å². The fourth-order valence-electron chi connectivity index (χ4n) is 2.24. The quantitative estimate of drug-likeness (QED) is 0.702. The summed E-state index contributed by atoms with van der Waals surface area (Å²) in [6.45, 7) is 12.3. The van der Waals surface area contributed by atoms with Crippen LogP contribution in [0.2, 0.25) is 0 Å². The van der Waals surface area contributed by atoms with Crippen LogP contribution in [0.25, 0.3) is 0 Å². The normalized spacial score (nSPS) is 16.9. The number of nitrogens with one attached hydrogen (secondary N) is 2. The van der Waals surface area contributed by atoms with Gasteiger partial charge in [-0.2, -0.15) is 0 Å². The van der Waals surface area contributed by atoms with Gasteiger partial charge in [0.1, 0.15) is 0 Å². The van der Waals surface area contributed by atoms with E-state index in [1.807, 2.05) is 14.0 Å². The van der Waals surface area contributed by atoms with Crippen LogP contribution in [0.4, 0.5) is 0 Å². The van der Waals surface area contributed by atoms with Crippen molar-refractivity contribution < 1.29 is 4.79 Å². The molecular formula is C13H31Cl3N4O. The van der Waals surface area contributed by atoms with Gasteiger partial charge in [-0.1, -0.05) is 13.8 Å². The molecule has 0 radical (unpaired) electrons. The van der Waals surface area contributed by atoms with Gasteiger partial charge in [0, 0.05) is 51.7 Å². The Morgan fingerprint density at radius 1 is 1.10 bits per heavy atom. The van der Waals surface area contributed by atoms with E-state index in [1.54, 1.807) is 0 Å². The molecule has 0 spiro atoms. The minimum Gasteiger partial charge on any atom is -0.355 e. The van der Waals surface area contributed by atoms with E-state index in [2.05, 4.69) is 27.4 Å². The smallest absolute Gasteiger partial charge is 0.224 e. The molecule has 0 aromatic carbocycles. The highest BCUT2D eigenvalue weighted by Gasteiger charge is 2.16. The van der Waals surface area contributed by atoms with Crippen molar-refractivity contribution in [3.8, 4) is 0 Å². The molecule has 0 saturated carbocycles. The number of piperazine rings is 1. The molecule has 1 atom stereocenters. The van der Waals surface area contributed by atoms with Crippen molar-refractivity contribution in [3.63, 3.8) is 0 Å². The monoisotopic (exact) mass is 364 g/mol. The predicted octanol–water partition coefficient (Wildman–Crippen LogP) is 0.861. The van der Waals surface area contributed by atoms with Crippen LogP contribution < -0.4 is 10.6 Å². The molecule has 8 heteroatoms. The van der Waals surface area contributed by atoms with Crippen LogP contribution in [0.1, 0.15) is 13.8 Å². The van der Waals surface area contributed by atoms with Crippen LogP contribution in [0.15, 0.2) is 0 Å². The average molecular weight is 366 g/mol. The standard InChI is InChI=1S/C13H28N4O.3ClH/c1-4-16-7-9-17(10-8-16)6-5-15-13(18)12(2)11-14-3;;;/h12,14H,4-11H2,1-3H3,(H,15,18);3*1H. The second-order valence-electron chi connectivity index (χ2n) is 5.03. The Bertz CT molecular complexity index is 252. The molecule has 1 heterocycles. The van der Waals surface area contributed by atoms with Crippen LogP contribution >= 0.6 is 37.2 Å². The summed E-state index contributed by atoms with van der Waals surface area (Å²) < 4.78 is 0. The van der Waals surface area contributed by atoms with Crippen molar-refractivity contribution in [2.45, 2.75) is 13.8 Å². The Kier molecular flexibility index (Phi) is 18.8. The third-order valence-electron chi connectivity index (χ3n) is 3.60. The Balaban J connectivity index is -0.00000108. The lowest BCUT2D eigenvalue weighted by Gasteiger charge is -2.34. The second kappa shape index (κ2) is 15.1. The van der Waals surface area contributed by atoms with E-state index in [4.69, 9.17) is 0 Å². The van der Waals surface area contributed by atoms with E-state index in [0.29, 0.717) is 0 Å². The van der Waals surface area contributed by atoms with Gasteiger partial charge in [0.25, 0.3) is 0 Å². The highest BCUT2D eigenvalue weighted by atomic mass is 35.5. The number of hydrogen-bond acceptors (Lipinski definition) is 4. The fraction of sp³-hybridized carbons (Fsp3) is 0.923. The van der Waals surface area contributed by atoms with Gasteiger partial charge in [-0.3, -0.25) is 9.69 Å². The number of likely N-dealkylation sites (N-methyl/N-ethyl adjacent to an activating group) is 1. The van der Waals surface area contributed by atoms with E-state index in [9.17, 15) is 4.79 Å². The zero-order chi connectivity index (χ0) is 13.4. The summed E-state index contributed by atoms with van der Waals surface area (Å²) in [6, 6.07) is 0. The number of hydrogen-bond donors (Lipinski definition) is 2. The molecule has 1 fully saturated rings. The summed E-state index contributed by atoms with van der Waals surface area (Å²) in [5.74, 6) is 0.198. The maximum atomic E-state index is 11.7. The Hall–Kier alpha value is 0.220. The van der Waals surface area contributed by atoms with Crippen LogP contribution in [-0.2, 0) is 4.79 Å². The number of carbonyl (C=O) groups excluding carboxylic acids is 1. The molecule has 0 aliphatic carbocycles. The summed E-state index contributed by atoms with van der Waals surface area (Å²) in [4.78, 5) is 16.6. The lowest BCUT2D eigenvalue weighted by atomic mass is 10.1. The van der Waals surface area contributed by atoms with Crippen LogP contribution in [0, 0.1) is 5.92 Å². The SMILES string of the molecule is CCN1CCN(CCNC(=O)C(C)CNC)CC1.Cl.Cl.Cl. The molecule has 2 N–H and O–H groups in total. The van der Waals surface area contributed by atoms with Crippen molar-refractivity contribution >= 4 is 43.1 Å². The van der Waals surface area contributed by atoms with Crippen molar-refractivity contribution in [1.82, 2.24) is 20.4 Å². The number of halogens is 3. The minimum absolute atomic E-state index is 0. The number of rotatable bonds is 7. The van der Waals surface area contributed by atoms with Gasteiger partial charge >= 0.3 is 0 Å². The van der Waals surface area contributed by atoms with Crippen LogP contribution in [-0.4, -0.2) is 75.1 Å². The molecule has 0 aromatic rings. The topological polar surface area (TPSA) is 47.6 Å². The molecule has 1 amide bonds. The summed E-state index contributed by atoms with van der Waals surface area (Å²) in [7, 11) is 1.87. The van der Waals surface area contributed by atoms with E-state index in [-0.39, 0.29) is 49.0 Å². The Morgan fingerprint density at radius 3 is 2.10 bits per heavy atom. The van der Waals surface area contributed by atoms with E-state index in [1.165, 1.54) is 0 Å². The fourth-order valence-corrected chi connectivity index (χ4v) is 2.24. The first-order valence-corrected chi connectivity index (χ1v) is 7.04. The summed E-state index contributed by atoms with van der Waals surface area (Å²) in [5.41, 5.74) is 0. The first-order valence-electron chi connectivity index (χ1n) is 7.04. The first kappa shape index (κ1) is 26.1. The minimum atomic E-state index is 0. The van der Waals surface area contributed by atoms with Crippen molar-refractivity contribution in [1.29, 1.82) is 0 Å². The lowest BCUT2D eigenvalue weighted by Crippen LogP contribution is -2.48. The summed E-state index contributed by atoms with van der Waals surface area (Å²) in [6.07, 6.45) is 0. The number of amides is 1. The highest BCUT2D eigenvalue weighted by molar-refractivity contribution is 5.86. The van der Waals surface area contributed by atoms with E-state index >= 15 is 0 Å². The zero-order valence-electron chi connectivity index (χ0n) is 13.3. The molecule has 1 aliphatic heterocycles. The number of carbonyl (C=O) groups is 1. The van der Waals surface area contributed by atoms with Gasteiger partial charge in [-0.05, 0) is 13.6 Å². The third kappa shape index (κ3) is 10.6. The van der Waals surface area contributed by atoms with Gasteiger partial charge in [-0.25, -0.2) is 0 Å². The zero-order valence-corrected chi connectivity index (χ0v) is 15.7. The summed E-state index contributed by atoms with van der Waals surface area (Å²) >= 11 is 0. The predicted molar refractivity (Wildman–Crippen MR) is 96.4 cm³/mol. The average Bonchev–Trinajstić information content (AvgIpc) is 2.39. The molecule has 5 nitrogen and oxygen atoms in total. The number of nitrogens with zero attached hydrogens (tertiary/aromatic N) is 2. The molecule has 1 unspecified atom stereocenters. The Morgan fingerprint density at radius 2 is 1.62 bits per heavy atom. The van der Waals surface area contributed by atoms with E-state index < -0.39 is 0 Å². The van der Waals surface area contributed by atoms with Gasteiger partial charge in [-0.15, -0.1) is 37.2 Å². The van der Waals surface area contributed by atoms with Gasteiger partial charge in [0.2, 0.25) is 5.91 Å². The highest BCUT2D eigenvalue weighted by Crippen LogP contribution is 2.00. The maximum absolute atomic E-state index is 11.7. The molecule has 1 rings (SSSR count). The molecule has 21 heavy (non-hydrogen) atoms. The first-order chi connectivity index (χ1) is 8.67. The lowest BCUT2D eigenvalue weighted by molar-refractivity contribution is -0.124. The van der Waals surface area contributed by atoms with Gasteiger partial charge in [0.05, 0.1) is 0 Å². The summed E-state index contributed by atoms with van der Waals surface area (Å²) in [5, 5.41) is 6.03. The molecule has 1 aliphatic rings. The van der Waals surface area contributed by atoms with E-state index in [0.717, 1.165) is 52.4 Å². The molecule has 1 saturated heterocycles. The van der Waals surface area contributed by atoms with Crippen LogP contribution in [0.5, 0.6) is 0 Å². The van der Waals surface area contributed by atoms with Gasteiger partial charge in [0.15, 0.2) is 0 Å². The molecular weight excluding hydrogens is 335 g/mol. The largest absolute Gasteiger partial charge is 0.355 e. The van der Waals surface area contributed by atoms with Crippen LogP contribution in [0.3, 0.4) is 0 Å². The Labute approximate surface area is 147 Å². The third-order valence-corrected chi connectivity index (χ3v) is 3.60. The van der Waals surface area contributed by atoms with Crippen molar-refractivity contribution in [2.75, 3.05) is 59.4 Å². The van der Waals surface area contributed by atoms with Crippen molar-refractivity contribution in [2.24, 2.45) is 5.92 Å².